The summed E-state index contributed by atoms with van der Waals surface area (Å²) in [5, 5.41) is 14.6. The number of nitrogens with zero attached hydrogens (tertiary/aromatic N) is 2. The lowest BCUT2D eigenvalue weighted by Gasteiger charge is -2.34. The van der Waals surface area contributed by atoms with Gasteiger partial charge in [-0.3, -0.25) is 19.9 Å². The lowest BCUT2D eigenvalue weighted by Crippen LogP contribution is -2.38. The van der Waals surface area contributed by atoms with Crippen LogP contribution in [0, 0.1) is 16.0 Å². The maximum atomic E-state index is 13.4. The van der Waals surface area contributed by atoms with Crippen LogP contribution in [0.2, 0.25) is 0 Å². The zero-order valence-corrected chi connectivity index (χ0v) is 16.8. The fourth-order valence-corrected chi connectivity index (χ4v) is 4.64. The van der Waals surface area contributed by atoms with Crippen LogP contribution in [0.15, 0.2) is 83.9 Å². The number of non-ortho nitro benzene ring substituents is 1. The maximum Gasteiger partial charge on any atom is 0.269 e. The van der Waals surface area contributed by atoms with E-state index in [2.05, 4.69) is 17.4 Å². The van der Waals surface area contributed by atoms with Gasteiger partial charge in [0.2, 0.25) is 0 Å². The Morgan fingerprint density at radius 2 is 1.58 bits per heavy atom. The van der Waals surface area contributed by atoms with E-state index in [1.54, 1.807) is 12.1 Å². The molecule has 0 radical (unpaired) electrons. The predicted octanol–water partition coefficient (Wildman–Crippen LogP) is 5.60. The molecule has 1 aliphatic carbocycles. The molecule has 3 aromatic rings. The summed E-state index contributed by atoms with van der Waals surface area (Å²) in [5.41, 5.74) is 4.56. The van der Waals surface area contributed by atoms with Crippen LogP contribution in [0.1, 0.15) is 35.9 Å². The van der Waals surface area contributed by atoms with Gasteiger partial charge in [-0.25, -0.2) is 0 Å². The van der Waals surface area contributed by atoms with Crippen molar-refractivity contribution in [2.24, 2.45) is 10.9 Å². The van der Waals surface area contributed by atoms with Crippen LogP contribution in [-0.2, 0) is 4.79 Å². The van der Waals surface area contributed by atoms with Gasteiger partial charge in [0, 0.05) is 24.3 Å². The number of para-hydroxylation sites is 2. The van der Waals surface area contributed by atoms with E-state index in [-0.39, 0.29) is 23.4 Å². The van der Waals surface area contributed by atoms with Crippen molar-refractivity contribution in [1.82, 2.24) is 0 Å². The Labute approximate surface area is 179 Å². The molecule has 6 heteroatoms. The number of carbonyl (C=O) groups is 1. The highest BCUT2D eigenvalue weighted by atomic mass is 16.6. The summed E-state index contributed by atoms with van der Waals surface area (Å²) in [6, 6.07) is 24.0. The predicted molar refractivity (Wildman–Crippen MR) is 120 cm³/mol. The van der Waals surface area contributed by atoms with E-state index in [9.17, 15) is 14.9 Å². The number of benzene rings is 3. The topological polar surface area (TPSA) is 84.6 Å². The van der Waals surface area contributed by atoms with Crippen LogP contribution >= 0.6 is 0 Å². The molecule has 1 saturated carbocycles. The van der Waals surface area contributed by atoms with Crippen LogP contribution in [0.5, 0.6) is 0 Å². The molecule has 0 amide bonds. The average molecular weight is 411 g/mol. The second kappa shape index (κ2) is 7.80. The number of ketones is 1. The van der Waals surface area contributed by atoms with Crippen molar-refractivity contribution in [2.75, 3.05) is 5.32 Å². The molecule has 1 N–H and O–H groups in total. The van der Waals surface area contributed by atoms with Crippen LogP contribution in [0.3, 0.4) is 0 Å². The Balaban J connectivity index is 1.57. The van der Waals surface area contributed by atoms with E-state index < -0.39 is 10.8 Å². The molecule has 3 aromatic carbocycles. The quantitative estimate of drug-likeness (QED) is 0.449. The Bertz CT molecular complexity index is 1170. The van der Waals surface area contributed by atoms with Gasteiger partial charge in [0.25, 0.3) is 5.69 Å². The minimum absolute atomic E-state index is 0.0331. The number of nitro groups is 1. The van der Waals surface area contributed by atoms with Gasteiger partial charge < -0.3 is 5.32 Å². The number of carbonyl (C=O) groups excluding carboxylic acids is 1. The molecule has 0 bridgehead atoms. The molecule has 1 aliphatic heterocycles. The first-order valence-corrected chi connectivity index (χ1v) is 10.3. The number of nitrogens with one attached hydrogen (secondary N) is 1. The van der Waals surface area contributed by atoms with Gasteiger partial charge in [0.1, 0.15) is 5.78 Å². The zero-order valence-electron chi connectivity index (χ0n) is 16.8. The van der Waals surface area contributed by atoms with Gasteiger partial charge >= 0.3 is 0 Å². The van der Waals surface area contributed by atoms with Crippen molar-refractivity contribution in [1.29, 1.82) is 0 Å². The summed E-state index contributed by atoms with van der Waals surface area (Å²) in [6.07, 6.45) is 1.16. The highest BCUT2D eigenvalue weighted by Gasteiger charge is 2.41. The fraction of sp³-hybridized carbons (Fsp3) is 0.200. The second-order valence-electron chi connectivity index (χ2n) is 8.05. The first-order chi connectivity index (χ1) is 15.1. The normalized spacial score (nSPS) is 22.4. The monoisotopic (exact) mass is 411 g/mol. The first kappa shape index (κ1) is 19.2. The summed E-state index contributed by atoms with van der Waals surface area (Å²) in [5.74, 6) is -0.164. The molecule has 2 aliphatic rings. The summed E-state index contributed by atoms with van der Waals surface area (Å²) < 4.78 is 0. The molecule has 0 saturated heterocycles. The number of Topliss-reactive ketones (excluding diaryl/α,β-unsaturated/α-hetero) is 1. The number of hydrogen-bond acceptors (Lipinski definition) is 5. The Kier molecular flexibility index (Phi) is 4.82. The Hall–Kier alpha value is -3.80. The lowest BCUT2D eigenvalue weighted by molar-refractivity contribution is -0.384. The van der Waals surface area contributed by atoms with E-state index in [1.807, 2.05) is 42.5 Å². The third-order valence-electron chi connectivity index (χ3n) is 6.16. The summed E-state index contributed by atoms with van der Waals surface area (Å²) in [6.45, 7) is 0. The SMILES string of the molecule is O=C1CC(c2ccccc2)CC2=Nc3ccccc3NC(c3ccc([N+](=O)[O-])cc3)C12. The maximum absolute atomic E-state index is 13.4. The second-order valence-corrected chi connectivity index (χ2v) is 8.05. The molecule has 3 atom stereocenters. The van der Waals surface area contributed by atoms with Gasteiger partial charge in [0.15, 0.2) is 0 Å². The molecule has 31 heavy (non-hydrogen) atoms. The van der Waals surface area contributed by atoms with Crippen molar-refractivity contribution in [3.05, 3.63) is 100 Å². The smallest absolute Gasteiger partial charge is 0.269 e. The molecule has 3 unspecified atom stereocenters. The highest BCUT2D eigenvalue weighted by molar-refractivity contribution is 6.10. The molecule has 5 rings (SSSR count). The van der Waals surface area contributed by atoms with Crippen molar-refractivity contribution >= 4 is 28.6 Å². The molecule has 6 nitrogen and oxygen atoms in total. The third kappa shape index (κ3) is 3.61. The number of fused-ring (bicyclic) bond motifs is 2. The number of aliphatic imine (C=N–C) groups is 1. The van der Waals surface area contributed by atoms with Crippen molar-refractivity contribution in [3.63, 3.8) is 0 Å². The number of rotatable bonds is 3. The molecular formula is C25H21N3O3. The number of anilines is 1. The summed E-state index contributed by atoms with van der Waals surface area (Å²) in [7, 11) is 0. The van der Waals surface area contributed by atoms with Gasteiger partial charge in [-0.2, -0.15) is 0 Å². The number of hydrogen-bond donors (Lipinski definition) is 1. The molecule has 0 spiro atoms. The van der Waals surface area contributed by atoms with Gasteiger partial charge in [-0.1, -0.05) is 54.6 Å². The minimum Gasteiger partial charge on any atom is -0.375 e. The molecule has 1 heterocycles. The van der Waals surface area contributed by atoms with E-state index in [0.29, 0.717) is 12.8 Å². The van der Waals surface area contributed by atoms with E-state index >= 15 is 0 Å². The van der Waals surface area contributed by atoms with Gasteiger partial charge in [-0.15, -0.1) is 0 Å². The first-order valence-electron chi connectivity index (χ1n) is 10.3. The van der Waals surface area contributed by atoms with Gasteiger partial charge in [-0.05, 0) is 35.6 Å². The Morgan fingerprint density at radius 1 is 0.871 bits per heavy atom. The van der Waals surface area contributed by atoms with Crippen LogP contribution < -0.4 is 5.32 Å². The van der Waals surface area contributed by atoms with Crippen LogP contribution in [0.4, 0.5) is 17.1 Å². The summed E-state index contributed by atoms with van der Waals surface area (Å²) >= 11 is 0. The zero-order chi connectivity index (χ0) is 21.4. The number of nitro benzene ring substituents is 1. The third-order valence-corrected chi connectivity index (χ3v) is 6.16. The van der Waals surface area contributed by atoms with E-state index in [0.717, 1.165) is 28.2 Å². The molecule has 154 valence electrons. The lowest BCUT2D eigenvalue weighted by atomic mass is 9.72. The van der Waals surface area contributed by atoms with E-state index in [1.165, 1.54) is 12.1 Å². The van der Waals surface area contributed by atoms with Crippen LogP contribution in [0.25, 0.3) is 0 Å². The molecular weight excluding hydrogens is 390 g/mol. The van der Waals surface area contributed by atoms with Crippen molar-refractivity contribution in [2.45, 2.75) is 24.8 Å². The van der Waals surface area contributed by atoms with Crippen molar-refractivity contribution in [3.8, 4) is 0 Å². The summed E-state index contributed by atoms with van der Waals surface area (Å²) in [4.78, 5) is 29.0. The average Bonchev–Trinajstić information content (AvgIpc) is 2.96. The molecule has 0 aromatic heterocycles. The Morgan fingerprint density at radius 3 is 2.32 bits per heavy atom. The standard InChI is InChI=1S/C25H21N3O3/c29-23-15-18(16-6-2-1-3-7-16)14-22-24(23)25(17-10-12-19(13-11-17)28(30)31)27-21-9-5-4-8-20(21)26-22/h1-13,18,24-25,27H,14-15H2. The van der Waals surface area contributed by atoms with Crippen molar-refractivity contribution < 1.29 is 9.72 Å². The van der Waals surface area contributed by atoms with Crippen LogP contribution in [-0.4, -0.2) is 16.4 Å². The van der Waals surface area contributed by atoms with E-state index in [4.69, 9.17) is 4.99 Å². The highest BCUT2D eigenvalue weighted by Crippen LogP contribution is 2.44. The molecule has 1 fully saturated rings. The largest absolute Gasteiger partial charge is 0.375 e. The van der Waals surface area contributed by atoms with Gasteiger partial charge in [0.05, 0.1) is 28.3 Å². The fourth-order valence-electron chi connectivity index (χ4n) is 4.64. The minimum atomic E-state index is -0.414.